The molecular weight excluding hydrogens is 483 g/mol. The molecule has 0 fully saturated rings. The molecule has 5 heteroatoms. The number of benzene rings is 1. The van der Waals surface area contributed by atoms with Crippen LogP contribution in [-0.4, -0.2) is 37.6 Å². The largest absolute Gasteiger partial charge is 0.744 e. The van der Waals surface area contributed by atoms with Gasteiger partial charge >= 0.3 is 0 Å². The van der Waals surface area contributed by atoms with E-state index in [-0.39, 0.29) is 4.90 Å². The molecule has 3 nitrogen and oxygen atoms in total. The maximum atomic E-state index is 10.4. The Hall–Kier alpha value is -0.440. The van der Waals surface area contributed by atoms with E-state index in [1.165, 1.54) is 115 Å². The molecule has 0 heterocycles. The number of rotatable bonds is 21. The van der Waals surface area contributed by atoms with Crippen LogP contribution in [0.4, 0.5) is 0 Å². The maximum Gasteiger partial charge on any atom is 0.124 e. The van der Waals surface area contributed by atoms with Crippen LogP contribution in [0.2, 0.25) is 0 Å². The molecule has 0 bridgehead atoms. The van der Waals surface area contributed by atoms with E-state index in [0.717, 1.165) is 5.56 Å². The monoisotopic (exact) mass is 542 g/mol. The van der Waals surface area contributed by atoms with Gasteiger partial charge < -0.3 is 4.55 Å². The van der Waals surface area contributed by atoms with Crippen molar-refractivity contribution in [3.8, 4) is 0 Å². The summed E-state index contributed by atoms with van der Waals surface area (Å²) >= 11 is 0. The highest BCUT2D eigenvalue weighted by Gasteiger charge is 2.34. The molecule has 0 amide bonds. The van der Waals surface area contributed by atoms with E-state index >= 15 is 0 Å². The number of hydrogen-bond acceptors (Lipinski definition) is 3. The second-order valence-corrected chi connectivity index (χ2v) is 16.6. The first-order valence-corrected chi connectivity index (χ1v) is 19.1. The zero-order chi connectivity index (χ0) is 27.1. The van der Waals surface area contributed by atoms with Gasteiger partial charge in [-0.15, -0.1) is 0 Å². The van der Waals surface area contributed by atoms with Gasteiger partial charge in [0.25, 0.3) is 0 Å². The van der Waals surface area contributed by atoms with E-state index in [2.05, 4.69) is 27.7 Å². The molecule has 1 aromatic rings. The summed E-state index contributed by atoms with van der Waals surface area (Å²) in [6, 6.07) is 5.78. The predicted molar refractivity (Wildman–Crippen MR) is 162 cm³/mol. The first-order valence-electron chi connectivity index (χ1n) is 15.1. The van der Waals surface area contributed by atoms with E-state index in [0.29, 0.717) is 0 Å². The van der Waals surface area contributed by atoms with Crippen LogP contribution in [0, 0.1) is 6.92 Å². The molecule has 0 aliphatic rings. The summed E-state index contributed by atoms with van der Waals surface area (Å²) in [6.07, 6.45) is 30.1. The van der Waals surface area contributed by atoms with Crippen LogP contribution in [0.1, 0.15) is 136 Å². The maximum absolute atomic E-state index is 10.4. The first kappa shape index (κ1) is 35.6. The van der Waals surface area contributed by atoms with Gasteiger partial charge in [-0.25, -0.2) is 8.42 Å². The van der Waals surface area contributed by atoms with E-state index in [1.54, 1.807) is 36.8 Å². The lowest BCUT2D eigenvalue weighted by Gasteiger charge is -2.28. The summed E-state index contributed by atoms with van der Waals surface area (Å²) in [7, 11) is -4.93. The molecule has 0 saturated heterocycles. The SMILES string of the molecule is CCCCCC[P+](CCCCCC)(CCCCCC)CCCCCC.Cc1ccc(S(=O)(=O)[O-])cc1. The van der Waals surface area contributed by atoms with Crippen molar-refractivity contribution in [2.24, 2.45) is 0 Å². The fourth-order valence-corrected chi connectivity index (χ4v) is 10.3. The van der Waals surface area contributed by atoms with Gasteiger partial charge in [0.05, 0.1) is 29.5 Å². The van der Waals surface area contributed by atoms with Gasteiger partial charge in [-0.2, -0.15) is 0 Å². The van der Waals surface area contributed by atoms with Crippen molar-refractivity contribution in [2.45, 2.75) is 142 Å². The Morgan fingerprint density at radius 3 is 1.11 bits per heavy atom. The smallest absolute Gasteiger partial charge is 0.124 e. The summed E-state index contributed by atoms with van der Waals surface area (Å²) in [5, 5.41) is 0. The lowest BCUT2D eigenvalue weighted by Crippen LogP contribution is -2.13. The van der Waals surface area contributed by atoms with Crippen molar-refractivity contribution in [3.63, 3.8) is 0 Å². The van der Waals surface area contributed by atoms with Crippen molar-refractivity contribution >= 4 is 17.4 Å². The average Bonchev–Trinajstić information content (AvgIpc) is 2.85. The van der Waals surface area contributed by atoms with Gasteiger partial charge in [-0.3, -0.25) is 0 Å². The van der Waals surface area contributed by atoms with Gasteiger partial charge in [-0.05, 0) is 70.4 Å². The van der Waals surface area contributed by atoms with Crippen molar-refractivity contribution in [2.75, 3.05) is 24.6 Å². The summed E-state index contributed by atoms with van der Waals surface area (Å²) in [5.74, 6) is 0. The normalized spacial score (nSPS) is 11.8. The van der Waals surface area contributed by atoms with Gasteiger partial charge in [0.1, 0.15) is 10.1 Å². The first-order chi connectivity index (χ1) is 17.2. The second kappa shape index (κ2) is 22.5. The minimum Gasteiger partial charge on any atom is -0.744 e. The molecule has 0 spiro atoms. The molecule has 0 aromatic heterocycles. The van der Waals surface area contributed by atoms with Crippen molar-refractivity contribution < 1.29 is 13.0 Å². The zero-order valence-corrected chi connectivity index (χ0v) is 26.2. The van der Waals surface area contributed by atoms with Crippen LogP contribution in [-0.2, 0) is 10.1 Å². The third kappa shape index (κ3) is 18.8. The summed E-state index contributed by atoms with van der Waals surface area (Å²) in [5.41, 5.74) is 0.928. The molecular formula is C31H59O3PS. The third-order valence-corrected chi connectivity index (χ3v) is 13.2. The molecule has 0 aliphatic heterocycles. The molecule has 0 atom stereocenters. The Balaban J connectivity index is 0.000000918. The van der Waals surface area contributed by atoms with E-state index in [1.807, 2.05) is 6.92 Å². The summed E-state index contributed by atoms with van der Waals surface area (Å²) in [4.78, 5) is -0.178. The molecule has 0 aliphatic carbocycles. The van der Waals surface area contributed by atoms with Crippen LogP contribution >= 0.6 is 7.26 Å². The van der Waals surface area contributed by atoms with Crippen LogP contribution in [0.25, 0.3) is 0 Å². The molecule has 0 N–H and O–H groups in total. The average molecular weight is 543 g/mol. The van der Waals surface area contributed by atoms with Gasteiger partial charge in [0.15, 0.2) is 0 Å². The fraction of sp³-hybridized carbons (Fsp3) is 0.806. The Morgan fingerprint density at radius 2 is 0.861 bits per heavy atom. The Morgan fingerprint density at radius 1 is 0.556 bits per heavy atom. The Labute approximate surface area is 226 Å². The zero-order valence-electron chi connectivity index (χ0n) is 24.5. The van der Waals surface area contributed by atoms with Crippen LogP contribution < -0.4 is 0 Å². The quantitative estimate of drug-likeness (QED) is 0.0882. The van der Waals surface area contributed by atoms with Crippen molar-refractivity contribution in [3.05, 3.63) is 29.8 Å². The lowest BCUT2D eigenvalue weighted by molar-refractivity contribution is 0.463. The molecule has 1 aromatic carbocycles. The third-order valence-electron chi connectivity index (χ3n) is 7.25. The highest BCUT2D eigenvalue weighted by molar-refractivity contribution is 7.85. The van der Waals surface area contributed by atoms with Gasteiger partial charge in [0, 0.05) is 7.26 Å². The molecule has 0 saturated carbocycles. The number of aryl methyl sites for hydroxylation is 1. The van der Waals surface area contributed by atoms with Crippen molar-refractivity contribution in [1.82, 2.24) is 0 Å². The van der Waals surface area contributed by atoms with E-state index in [4.69, 9.17) is 0 Å². The molecule has 36 heavy (non-hydrogen) atoms. The highest BCUT2D eigenvalue weighted by Crippen LogP contribution is 2.61. The fourth-order valence-electron chi connectivity index (χ4n) is 4.87. The highest BCUT2D eigenvalue weighted by atomic mass is 32.2. The predicted octanol–water partition coefficient (Wildman–Crippen LogP) is 10.2. The molecule has 0 unspecified atom stereocenters. The second-order valence-electron chi connectivity index (χ2n) is 10.7. The number of hydrogen-bond donors (Lipinski definition) is 0. The Kier molecular flexibility index (Phi) is 22.3. The Bertz CT molecular complexity index is 662. The molecule has 1 rings (SSSR count). The number of unbranched alkanes of at least 4 members (excludes halogenated alkanes) is 12. The van der Waals surface area contributed by atoms with E-state index < -0.39 is 17.4 Å². The minimum absolute atomic E-state index is 0.178. The van der Waals surface area contributed by atoms with Crippen LogP contribution in [0.5, 0.6) is 0 Å². The lowest BCUT2D eigenvalue weighted by atomic mass is 10.2. The van der Waals surface area contributed by atoms with Gasteiger partial charge in [-0.1, -0.05) is 96.8 Å². The van der Waals surface area contributed by atoms with Crippen LogP contribution in [0.3, 0.4) is 0 Å². The van der Waals surface area contributed by atoms with Gasteiger partial charge in [0.2, 0.25) is 0 Å². The molecule has 212 valence electrons. The standard InChI is InChI=1S/C24H52P.C7H8O3S/c1-5-9-13-17-21-25(22-18-14-10-6-2,23-19-15-11-7-3)24-20-16-12-8-4;1-6-2-4-7(5-3-6)11(8,9)10/h5-24H2,1-4H3;2-5H,1H3,(H,8,9,10)/q+1;/p-1. The summed E-state index contributed by atoms with van der Waals surface area (Å²) in [6.45, 7) is 11.2. The van der Waals surface area contributed by atoms with Crippen molar-refractivity contribution in [1.29, 1.82) is 0 Å². The topological polar surface area (TPSA) is 57.2 Å². The minimum atomic E-state index is -4.27. The molecule has 0 radical (unpaired) electrons. The van der Waals surface area contributed by atoms with Crippen LogP contribution in [0.15, 0.2) is 29.2 Å². The summed E-state index contributed by atoms with van der Waals surface area (Å²) < 4.78 is 31.2. The van der Waals surface area contributed by atoms with E-state index in [9.17, 15) is 13.0 Å².